The van der Waals surface area contributed by atoms with Crippen molar-refractivity contribution in [2.75, 3.05) is 63.9 Å². The quantitative estimate of drug-likeness (QED) is 0.625. The van der Waals surface area contributed by atoms with E-state index in [0.29, 0.717) is 32.6 Å². The van der Waals surface area contributed by atoms with E-state index in [0.717, 1.165) is 38.5 Å². The molecular weight excluding hydrogens is 417 g/mol. The number of benzene rings is 1. The zero-order valence-electron chi connectivity index (χ0n) is 18.4. The molecule has 8 heteroatoms. The molecule has 0 N–H and O–H groups in total. The van der Waals surface area contributed by atoms with Crippen LogP contribution in [0.25, 0.3) is 0 Å². The summed E-state index contributed by atoms with van der Waals surface area (Å²) in [5, 5.41) is 1.32. The Morgan fingerprint density at radius 1 is 1.03 bits per heavy atom. The number of allylic oxidation sites excluding steroid dienone is 1. The van der Waals surface area contributed by atoms with Crippen LogP contribution in [-0.4, -0.2) is 76.6 Å². The Morgan fingerprint density at radius 3 is 2.32 bits per heavy atom. The number of nitrogens with zero attached hydrogens (tertiary/aromatic N) is 3. The summed E-state index contributed by atoms with van der Waals surface area (Å²) >= 11 is 0. The number of morpholine rings is 1. The molecule has 0 unspecified atom stereocenters. The van der Waals surface area contributed by atoms with Gasteiger partial charge in [0.2, 0.25) is 10.0 Å². The third-order valence-electron chi connectivity index (χ3n) is 5.56. The summed E-state index contributed by atoms with van der Waals surface area (Å²) < 4.78 is 45.5. The minimum Gasteiger partial charge on any atom is -0.379 e. The van der Waals surface area contributed by atoms with Gasteiger partial charge in [0.1, 0.15) is 5.82 Å². The number of rotatable bonds is 6. The normalized spacial score (nSPS) is 19.4. The van der Waals surface area contributed by atoms with Gasteiger partial charge in [0.05, 0.1) is 19.8 Å². The molecular formula is C23H32FN3O3S. The molecule has 6 nitrogen and oxygen atoms in total. The summed E-state index contributed by atoms with van der Waals surface area (Å²) in [6.45, 7) is 10.0. The van der Waals surface area contributed by atoms with Crippen molar-refractivity contribution in [3.8, 4) is 11.8 Å². The molecule has 0 spiro atoms. The smallest absolute Gasteiger partial charge is 0.236 e. The maximum Gasteiger partial charge on any atom is 0.236 e. The Bertz CT molecular complexity index is 906. The van der Waals surface area contributed by atoms with Crippen molar-refractivity contribution < 1.29 is 17.5 Å². The summed E-state index contributed by atoms with van der Waals surface area (Å²) in [7, 11) is -3.48. The Kier molecular flexibility index (Phi) is 8.11. The zero-order chi connectivity index (χ0) is 22.3. The minimum absolute atomic E-state index is 0.275. The molecule has 1 aromatic carbocycles. The number of anilines is 1. The molecule has 0 radical (unpaired) electrons. The van der Waals surface area contributed by atoms with Gasteiger partial charge in [-0.15, -0.1) is 5.92 Å². The van der Waals surface area contributed by atoms with Gasteiger partial charge in [0.25, 0.3) is 0 Å². The van der Waals surface area contributed by atoms with Crippen LogP contribution < -0.4 is 4.90 Å². The molecule has 1 aromatic rings. The van der Waals surface area contributed by atoms with Crippen LogP contribution in [-0.2, 0) is 14.8 Å². The third-order valence-corrected chi connectivity index (χ3v) is 7.12. The van der Waals surface area contributed by atoms with Gasteiger partial charge in [-0.1, -0.05) is 25.8 Å². The van der Waals surface area contributed by atoms with E-state index in [-0.39, 0.29) is 11.2 Å². The van der Waals surface area contributed by atoms with Gasteiger partial charge in [0.15, 0.2) is 0 Å². The van der Waals surface area contributed by atoms with E-state index in [2.05, 4.69) is 21.6 Å². The minimum atomic E-state index is -3.48. The fraction of sp³-hybridized carbons (Fsp3) is 0.565. The number of hydrogen-bond donors (Lipinski definition) is 0. The summed E-state index contributed by atoms with van der Waals surface area (Å²) in [4.78, 5) is 4.33. The van der Waals surface area contributed by atoms with Gasteiger partial charge in [-0.3, -0.25) is 4.90 Å². The molecule has 2 heterocycles. The number of sulfonamides is 1. The highest BCUT2D eigenvalue weighted by Crippen LogP contribution is 2.23. The fourth-order valence-electron chi connectivity index (χ4n) is 3.49. The first-order valence-corrected chi connectivity index (χ1v) is 12.2. The van der Waals surface area contributed by atoms with Crippen LogP contribution >= 0.6 is 0 Å². The molecule has 0 amide bonds. The highest BCUT2D eigenvalue weighted by molar-refractivity contribution is 7.92. The predicted octanol–water partition coefficient (Wildman–Crippen LogP) is 2.54. The van der Waals surface area contributed by atoms with Crippen LogP contribution in [0.5, 0.6) is 0 Å². The van der Waals surface area contributed by atoms with Crippen LogP contribution in [0.3, 0.4) is 0 Å². The Labute approximate surface area is 185 Å². The van der Waals surface area contributed by atoms with Crippen molar-refractivity contribution in [1.82, 2.24) is 9.21 Å². The first kappa shape index (κ1) is 23.7. The first-order chi connectivity index (χ1) is 14.8. The van der Waals surface area contributed by atoms with E-state index in [1.165, 1.54) is 21.8 Å². The second-order valence-corrected chi connectivity index (χ2v) is 10.4. The van der Waals surface area contributed by atoms with Crippen LogP contribution in [0, 0.1) is 23.1 Å². The van der Waals surface area contributed by atoms with Crippen LogP contribution in [0.1, 0.15) is 20.3 Å². The lowest BCUT2D eigenvalue weighted by Crippen LogP contribution is -2.48. The molecule has 2 aliphatic heterocycles. The third kappa shape index (κ3) is 7.32. The maximum absolute atomic E-state index is 13.1. The van der Waals surface area contributed by atoms with Crippen molar-refractivity contribution in [3.05, 3.63) is 41.6 Å². The van der Waals surface area contributed by atoms with Gasteiger partial charge in [-0.05, 0) is 29.7 Å². The Morgan fingerprint density at radius 2 is 1.68 bits per heavy atom. The van der Waals surface area contributed by atoms with Crippen LogP contribution in [0.15, 0.2) is 35.7 Å². The van der Waals surface area contributed by atoms with Gasteiger partial charge >= 0.3 is 0 Å². The maximum atomic E-state index is 13.1. The molecule has 0 aliphatic carbocycles. The van der Waals surface area contributed by atoms with E-state index in [4.69, 9.17) is 4.74 Å². The highest BCUT2D eigenvalue weighted by atomic mass is 32.2. The second kappa shape index (κ2) is 10.6. The SMILES string of the molecule is CC(C)(C=CS(=O)(=O)N1CCN(c2ccc(F)cc2)CC1)CC#CCN1CCOCC1. The topological polar surface area (TPSA) is 53.1 Å². The van der Waals surface area contributed by atoms with Crippen molar-refractivity contribution in [3.63, 3.8) is 0 Å². The number of piperazine rings is 1. The standard InChI is InChI=1S/C23H32FN3O3S/c1-23(2,9-3-4-11-25-16-18-30-19-17-25)10-20-31(28,29)27-14-12-26(13-15-27)22-7-5-21(24)6-8-22/h5-8,10,20H,9,11-19H2,1-2H3. The number of halogens is 1. The van der Waals surface area contributed by atoms with Gasteiger partial charge in [-0.2, -0.15) is 4.31 Å². The van der Waals surface area contributed by atoms with Crippen LogP contribution in [0.4, 0.5) is 10.1 Å². The largest absolute Gasteiger partial charge is 0.379 e. The lowest BCUT2D eigenvalue weighted by atomic mass is 9.90. The molecule has 2 saturated heterocycles. The van der Waals surface area contributed by atoms with E-state index in [1.54, 1.807) is 18.2 Å². The summed E-state index contributed by atoms with van der Waals surface area (Å²) in [6, 6.07) is 6.30. The molecule has 31 heavy (non-hydrogen) atoms. The molecule has 0 saturated carbocycles. The lowest BCUT2D eigenvalue weighted by molar-refractivity contribution is 0.0443. The van der Waals surface area contributed by atoms with Crippen molar-refractivity contribution in [2.45, 2.75) is 20.3 Å². The van der Waals surface area contributed by atoms with Gasteiger partial charge < -0.3 is 9.64 Å². The summed E-state index contributed by atoms with van der Waals surface area (Å²) in [5.74, 6) is 6.11. The molecule has 3 rings (SSSR count). The molecule has 0 bridgehead atoms. The van der Waals surface area contributed by atoms with Crippen molar-refractivity contribution in [1.29, 1.82) is 0 Å². The van der Waals surface area contributed by atoms with E-state index >= 15 is 0 Å². The van der Waals surface area contributed by atoms with Crippen molar-refractivity contribution >= 4 is 15.7 Å². The molecule has 170 valence electrons. The van der Waals surface area contributed by atoms with E-state index < -0.39 is 10.0 Å². The molecule has 2 aliphatic rings. The molecule has 2 fully saturated rings. The second-order valence-electron chi connectivity index (χ2n) is 8.62. The lowest BCUT2D eigenvalue weighted by Gasteiger charge is -2.35. The number of hydrogen-bond acceptors (Lipinski definition) is 5. The number of ether oxygens (including phenoxy) is 1. The molecule has 0 atom stereocenters. The van der Waals surface area contributed by atoms with Gasteiger partial charge in [0, 0.05) is 56.8 Å². The first-order valence-electron chi connectivity index (χ1n) is 10.7. The Hall–Kier alpha value is -1.92. The summed E-state index contributed by atoms with van der Waals surface area (Å²) in [5.41, 5.74) is 0.576. The van der Waals surface area contributed by atoms with E-state index in [1.807, 2.05) is 13.8 Å². The average Bonchev–Trinajstić information content (AvgIpc) is 2.77. The van der Waals surface area contributed by atoms with E-state index in [9.17, 15) is 12.8 Å². The monoisotopic (exact) mass is 449 g/mol. The van der Waals surface area contributed by atoms with Crippen LogP contribution in [0.2, 0.25) is 0 Å². The average molecular weight is 450 g/mol. The molecule has 0 aromatic heterocycles. The fourth-order valence-corrected chi connectivity index (χ4v) is 4.87. The summed E-state index contributed by atoms with van der Waals surface area (Å²) in [6.07, 6.45) is 2.35. The van der Waals surface area contributed by atoms with Gasteiger partial charge in [-0.25, -0.2) is 12.8 Å². The predicted molar refractivity (Wildman–Crippen MR) is 122 cm³/mol. The zero-order valence-corrected chi connectivity index (χ0v) is 19.2. The van der Waals surface area contributed by atoms with Crippen molar-refractivity contribution in [2.24, 2.45) is 5.41 Å². The Balaban J connectivity index is 1.49. The highest BCUT2D eigenvalue weighted by Gasteiger charge is 2.26.